The second kappa shape index (κ2) is 4.39. The van der Waals surface area contributed by atoms with Gasteiger partial charge in [-0.3, -0.25) is 15.1 Å². The summed E-state index contributed by atoms with van der Waals surface area (Å²) in [7, 11) is 0. The highest BCUT2D eigenvalue weighted by atomic mass is 16.3. The van der Waals surface area contributed by atoms with Gasteiger partial charge in [0.25, 0.3) is 0 Å². The molecule has 1 heterocycles. The number of amides is 1. The number of nitrogens with zero attached hydrogens (tertiary/aromatic N) is 1. The van der Waals surface area contributed by atoms with E-state index in [4.69, 9.17) is 10.9 Å². The molecular formula is C7H15N3O2. The molecule has 1 amide bonds. The molecule has 0 spiro atoms. The second-order valence-corrected chi connectivity index (χ2v) is 3.14. The summed E-state index contributed by atoms with van der Waals surface area (Å²) in [6.07, 6.45) is 0.967. The minimum absolute atomic E-state index is 0.173. The number of hydrogen-bond acceptors (Lipinski definition) is 4. The van der Waals surface area contributed by atoms with Crippen molar-refractivity contribution in [3.05, 3.63) is 0 Å². The van der Waals surface area contributed by atoms with E-state index in [2.05, 4.69) is 5.43 Å². The lowest BCUT2D eigenvalue weighted by Gasteiger charge is -2.13. The number of carbonyl (C=O) groups is 1. The van der Waals surface area contributed by atoms with Crippen LogP contribution in [0.25, 0.3) is 0 Å². The van der Waals surface area contributed by atoms with E-state index >= 15 is 0 Å². The van der Waals surface area contributed by atoms with E-state index in [1.54, 1.807) is 0 Å². The molecule has 0 bridgehead atoms. The predicted molar refractivity (Wildman–Crippen MR) is 44.0 cm³/mol. The van der Waals surface area contributed by atoms with Gasteiger partial charge in [0.1, 0.15) is 0 Å². The largest absolute Gasteiger partial charge is 0.396 e. The van der Waals surface area contributed by atoms with E-state index in [0.717, 1.165) is 19.5 Å². The van der Waals surface area contributed by atoms with Crippen molar-refractivity contribution in [3.63, 3.8) is 0 Å². The average molecular weight is 173 g/mol. The minimum Gasteiger partial charge on any atom is -0.396 e. The predicted octanol–water partition coefficient (Wildman–Crippen LogP) is -1.71. The van der Waals surface area contributed by atoms with Gasteiger partial charge in [0.05, 0.1) is 6.54 Å². The lowest BCUT2D eigenvalue weighted by atomic mass is 10.1. The Labute approximate surface area is 71.5 Å². The number of hydrogen-bond donors (Lipinski definition) is 3. The smallest absolute Gasteiger partial charge is 0.248 e. The highest BCUT2D eigenvalue weighted by Crippen LogP contribution is 2.14. The maximum atomic E-state index is 10.8. The summed E-state index contributed by atoms with van der Waals surface area (Å²) in [6.45, 7) is 2.22. The molecule has 1 saturated heterocycles. The van der Waals surface area contributed by atoms with Crippen LogP contribution in [0.4, 0.5) is 0 Å². The molecule has 0 aromatic heterocycles. The SMILES string of the molecule is NNC(=O)CN1CCC(CO)C1. The molecule has 0 aliphatic carbocycles. The first-order valence-corrected chi connectivity index (χ1v) is 4.09. The van der Waals surface area contributed by atoms with Crippen molar-refractivity contribution in [3.8, 4) is 0 Å². The van der Waals surface area contributed by atoms with Crippen molar-refractivity contribution in [2.45, 2.75) is 6.42 Å². The number of nitrogens with two attached hydrogens (primary N) is 1. The van der Waals surface area contributed by atoms with Crippen LogP contribution in [0, 0.1) is 5.92 Å². The monoisotopic (exact) mass is 173 g/mol. The summed E-state index contributed by atoms with van der Waals surface area (Å²) in [6, 6.07) is 0. The molecule has 0 aromatic carbocycles. The molecule has 1 rings (SSSR count). The van der Waals surface area contributed by atoms with Gasteiger partial charge in [-0.1, -0.05) is 0 Å². The third-order valence-corrected chi connectivity index (χ3v) is 2.16. The normalized spacial score (nSPS) is 24.3. The van der Waals surface area contributed by atoms with Crippen LogP contribution in [0.3, 0.4) is 0 Å². The Balaban J connectivity index is 2.23. The molecule has 5 nitrogen and oxygen atoms in total. The van der Waals surface area contributed by atoms with Crippen molar-refractivity contribution < 1.29 is 9.90 Å². The quantitative estimate of drug-likeness (QED) is 0.270. The fraction of sp³-hybridized carbons (Fsp3) is 0.857. The van der Waals surface area contributed by atoms with Gasteiger partial charge in [-0.15, -0.1) is 0 Å². The molecule has 1 unspecified atom stereocenters. The van der Waals surface area contributed by atoms with Gasteiger partial charge in [0.2, 0.25) is 5.91 Å². The van der Waals surface area contributed by atoms with Gasteiger partial charge in [0, 0.05) is 13.2 Å². The van der Waals surface area contributed by atoms with Crippen molar-refractivity contribution in [2.75, 3.05) is 26.2 Å². The molecule has 1 atom stereocenters. The first kappa shape index (κ1) is 9.44. The summed E-state index contributed by atoms with van der Waals surface area (Å²) < 4.78 is 0. The third-order valence-electron chi connectivity index (χ3n) is 2.16. The van der Waals surface area contributed by atoms with E-state index in [-0.39, 0.29) is 12.5 Å². The lowest BCUT2D eigenvalue weighted by Crippen LogP contribution is -2.39. The van der Waals surface area contributed by atoms with Crippen molar-refractivity contribution in [2.24, 2.45) is 11.8 Å². The van der Waals surface area contributed by atoms with Crippen LogP contribution >= 0.6 is 0 Å². The Morgan fingerprint density at radius 2 is 2.50 bits per heavy atom. The van der Waals surface area contributed by atoms with Crippen LogP contribution < -0.4 is 11.3 Å². The number of rotatable bonds is 3. The Kier molecular flexibility index (Phi) is 3.46. The molecule has 5 heteroatoms. The summed E-state index contributed by atoms with van der Waals surface area (Å²) in [4.78, 5) is 12.8. The maximum Gasteiger partial charge on any atom is 0.248 e. The Morgan fingerprint density at radius 3 is 3.00 bits per heavy atom. The molecule has 0 saturated carbocycles. The van der Waals surface area contributed by atoms with Crippen LogP contribution in [-0.2, 0) is 4.79 Å². The molecule has 1 aliphatic rings. The molecule has 70 valence electrons. The molecule has 4 N–H and O–H groups in total. The van der Waals surface area contributed by atoms with Crippen molar-refractivity contribution >= 4 is 5.91 Å². The van der Waals surface area contributed by atoms with Gasteiger partial charge in [-0.2, -0.15) is 0 Å². The van der Waals surface area contributed by atoms with Gasteiger partial charge >= 0.3 is 0 Å². The minimum atomic E-state index is -0.173. The Morgan fingerprint density at radius 1 is 1.75 bits per heavy atom. The molecule has 0 aromatic rings. The number of hydrazine groups is 1. The van der Waals surface area contributed by atoms with Gasteiger partial charge in [-0.05, 0) is 18.9 Å². The zero-order chi connectivity index (χ0) is 8.97. The molecule has 1 fully saturated rings. The highest BCUT2D eigenvalue weighted by molar-refractivity contribution is 5.77. The zero-order valence-electron chi connectivity index (χ0n) is 6.99. The summed E-state index contributed by atoms with van der Waals surface area (Å²) in [5, 5.41) is 8.82. The van der Waals surface area contributed by atoms with Crippen molar-refractivity contribution in [1.82, 2.24) is 10.3 Å². The van der Waals surface area contributed by atoms with Crippen LogP contribution in [0.15, 0.2) is 0 Å². The molecule has 1 aliphatic heterocycles. The molecule has 12 heavy (non-hydrogen) atoms. The van der Waals surface area contributed by atoms with Crippen LogP contribution in [0.1, 0.15) is 6.42 Å². The third kappa shape index (κ3) is 2.44. The maximum absolute atomic E-state index is 10.8. The fourth-order valence-electron chi connectivity index (χ4n) is 1.45. The molecule has 0 radical (unpaired) electrons. The van der Waals surface area contributed by atoms with Crippen LogP contribution in [0.2, 0.25) is 0 Å². The van der Waals surface area contributed by atoms with Crippen LogP contribution in [-0.4, -0.2) is 42.2 Å². The highest BCUT2D eigenvalue weighted by Gasteiger charge is 2.22. The Bertz CT molecular complexity index is 163. The average Bonchev–Trinajstić information content (AvgIpc) is 2.52. The van der Waals surface area contributed by atoms with Gasteiger partial charge < -0.3 is 5.11 Å². The summed E-state index contributed by atoms with van der Waals surface area (Å²) in [5.41, 5.74) is 2.08. The number of aliphatic hydroxyl groups excluding tert-OH is 1. The number of aliphatic hydroxyl groups is 1. The number of likely N-dealkylation sites (tertiary alicyclic amines) is 1. The van der Waals surface area contributed by atoms with E-state index in [0.29, 0.717) is 12.5 Å². The second-order valence-electron chi connectivity index (χ2n) is 3.14. The summed E-state index contributed by atoms with van der Waals surface area (Å²) in [5.74, 6) is 5.10. The van der Waals surface area contributed by atoms with Gasteiger partial charge in [0.15, 0.2) is 0 Å². The lowest BCUT2D eigenvalue weighted by molar-refractivity contribution is -0.122. The van der Waals surface area contributed by atoms with E-state index < -0.39 is 0 Å². The first-order valence-electron chi connectivity index (χ1n) is 4.09. The molecular weight excluding hydrogens is 158 g/mol. The standard InChI is InChI=1S/C7H15N3O2/c8-9-7(12)4-10-2-1-6(3-10)5-11/h6,11H,1-5,8H2,(H,9,12). The van der Waals surface area contributed by atoms with Gasteiger partial charge in [-0.25, -0.2) is 5.84 Å². The fourth-order valence-corrected chi connectivity index (χ4v) is 1.45. The Hall–Kier alpha value is -0.650. The van der Waals surface area contributed by atoms with E-state index in [9.17, 15) is 4.79 Å². The zero-order valence-corrected chi connectivity index (χ0v) is 6.99. The van der Waals surface area contributed by atoms with E-state index in [1.165, 1.54) is 0 Å². The summed E-state index contributed by atoms with van der Waals surface area (Å²) >= 11 is 0. The van der Waals surface area contributed by atoms with Crippen molar-refractivity contribution in [1.29, 1.82) is 0 Å². The number of nitrogens with one attached hydrogen (secondary N) is 1. The van der Waals surface area contributed by atoms with Crippen LogP contribution in [0.5, 0.6) is 0 Å². The van der Waals surface area contributed by atoms with E-state index in [1.807, 2.05) is 4.90 Å². The first-order chi connectivity index (χ1) is 5.76. The topological polar surface area (TPSA) is 78.6 Å². The number of carbonyl (C=O) groups excluding carboxylic acids is 1.